The fourth-order valence-corrected chi connectivity index (χ4v) is 3.71. The number of benzene rings is 1. The molecule has 1 aromatic rings. The van der Waals surface area contributed by atoms with Crippen molar-refractivity contribution in [1.29, 1.82) is 0 Å². The third kappa shape index (κ3) is 6.42. The Bertz CT molecular complexity index is 377. The van der Waals surface area contributed by atoms with Gasteiger partial charge in [0.15, 0.2) is 0 Å². The first-order valence-corrected chi connectivity index (χ1v) is 9.52. The molecule has 0 aromatic heterocycles. The number of nitrogens with zero attached hydrogens (tertiary/aromatic N) is 1. The molecule has 0 atom stereocenters. The largest absolute Gasteiger partial charge is 0.375 e. The standard InChI is InChI=1S/C19H30BrN/c1-21(19-14-12-18(20)13-15-19)16-8-11-17-9-6-4-2-3-5-7-10-17/h12-15,17H,2-11,16H2,1H3. The Labute approximate surface area is 139 Å². The van der Waals surface area contributed by atoms with Crippen molar-refractivity contribution < 1.29 is 0 Å². The lowest BCUT2D eigenvalue weighted by Gasteiger charge is -2.21. The van der Waals surface area contributed by atoms with Gasteiger partial charge in [-0.3, -0.25) is 0 Å². The predicted molar refractivity (Wildman–Crippen MR) is 97.1 cm³/mol. The third-order valence-corrected chi connectivity index (χ3v) is 5.38. The summed E-state index contributed by atoms with van der Waals surface area (Å²) in [6.45, 7) is 1.18. The molecule has 0 amide bonds. The first-order valence-electron chi connectivity index (χ1n) is 8.72. The molecule has 2 rings (SSSR count). The molecule has 0 N–H and O–H groups in total. The van der Waals surface area contributed by atoms with Crippen molar-refractivity contribution in [2.45, 2.75) is 64.2 Å². The van der Waals surface area contributed by atoms with Crippen molar-refractivity contribution in [3.8, 4) is 0 Å². The second kappa shape index (κ2) is 9.50. The molecule has 1 saturated carbocycles. The van der Waals surface area contributed by atoms with Crippen LogP contribution >= 0.6 is 15.9 Å². The zero-order chi connectivity index (χ0) is 14.9. The topological polar surface area (TPSA) is 3.24 Å². The second-order valence-electron chi connectivity index (χ2n) is 6.60. The van der Waals surface area contributed by atoms with Gasteiger partial charge >= 0.3 is 0 Å². The van der Waals surface area contributed by atoms with Crippen LogP contribution < -0.4 is 4.90 Å². The zero-order valence-electron chi connectivity index (χ0n) is 13.5. The monoisotopic (exact) mass is 351 g/mol. The van der Waals surface area contributed by atoms with Gasteiger partial charge in [0.05, 0.1) is 0 Å². The zero-order valence-corrected chi connectivity index (χ0v) is 15.1. The highest BCUT2D eigenvalue weighted by Gasteiger charge is 2.11. The van der Waals surface area contributed by atoms with Crippen molar-refractivity contribution in [2.24, 2.45) is 5.92 Å². The Hall–Kier alpha value is -0.500. The van der Waals surface area contributed by atoms with Crippen LogP contribution in [0.2, 0.25) is 0 Å². The summed E-state index contributed by atoms with van der Waals surface area (Å²) >= 11 is 3.50. The number of hydrogen-bond donors (Lipinski definition) is 0. The lowest BCUT2D eigenvalue weighted by molar-refractivity contribution is 0.391. The minimum atomic E-state index is 0.987. The second-order valence-corrected chi connectivity index (χ2v) is 7.52. The van der Waals surface area contributed by atoms with Gasteiger partial charge in [-0.25, -0.2) is 0 Å². The summed E-state index contributed by atoms with van der Waals surface area (Å²) in [5.41, 5.74) is 1.33. The average molecular weight is 352 g/mol. The van der Waals surface area contributed by atoms with E-state index >= 15 is 0 Å². The number of hydrogen-bond acceptors (Lipinski definition) is 1. The van der Waals surface area contributed by atoms with Crippen LogP contribution in [-0.2, 0) is 0 Å². The Balaban J connectivity index is 1.70. The first-order chi connectivity index (χ1) is 10.3. The molecule has 0 spiro atoms. The fraction of sp³-hybridized carbons (Fsp3) is 0.684. The van der Waals surface area contributed by atoms with Crippen LogP contribution in [0.4, 0.5) is 5.69 Å². The first kappa shape index (κ1) is 16.9. The maximum Gasteiger partial charge on any atom is 0.0364 e. The Morgan fingerprint density at radius 2 is 1.52 bits per heavy atom. The molecule has 118 valence electrons. The van der Waals surface area contributed by atoms with E-state index in [4.69, 9.17) is 0 Å². The summed E-state index contributed by atoms with van der Waals surface area (Å²) in [5.74, 6) is 0.987. The van der Waals surface area contributed by atoms with Gasteiger partial charge in [-0.05, 0) is 43.0 Å². The van der Waals surface area contributed by atoms with Gasteiger partial charge in [-0.15, -0.1) is 0 Å². The minimum absolute atomic E-state index is 0.987. The Morgan fingerprint density at radius 3 is 2.14 bits per heavy atom. The van der Waals surface area contributed by atoms with E-state index in [2.05, 4.69) is 52.1 Å². The predicted octanol–water partition coefficient (Wildman–Crippen LogP) is 6.42. The van der Waals surface area contributed by atoms with Gasteiger partial charge in [-0.2, -0.15) is 0 Å². The molecule has 1 aliphatic carbocycles. The molecule has 1 fully saturated rings. The molecule has 0 bridgehead atoms. The Morgan fingerprint density at radius 1 is 0.952 bits per heavy atom. The summed E-state index contributed by atoms with van der Waals surface area (Å²) in [6.07, 6.45) is 14.5. The van der Waals surface area contributed by atoms with Crippen LogP contribution in [-0.4, -0.2) is 13.6 Å². The van der Waals surface area contributed by atoms with E-state index < -0.39 is 0 Å². The van der Waals surface area contributed by atoms with Crippen LogP contribution in [0.1, 0.15) is 64.2 Å². The summed E-state index contributed by atoms with van der Waals surface area (Å²) in [7, 11) is 2.21. The van der Waals surface area contributed by atoms with Crippen LogP contribution in [0.15, 0.2) is 28.7 Å². The minimum Gasteiger partial charge on any atom is -0.375 e. The molecule has 1 aliphatic rings. The van der Waals surface area contributed by atoms with Gasteiger partial charge in [-0.1, -0.05) is 67.3 Å². The van der Waals surface area contributed by atoms with Crippen molar-refractivity contribution in [1.82, 2.24) is 0 Å². The summed E-state index contributed by atoms with van der Waals surface area (Å²) in [5, 5.41) is 0. The molecule has 2 heteroatoms. The fourth-order valence-electron chi connectivity index (χ4n) is 3.45. The molecule has 1 nitrogen and oxygen atoms in total. The van der Waals surface area contributed by atoms with Gasteiger partial charge in [0, 0.05) is 23.8 Å². The van der Waals surface area contributed by atoms with Crippen molar-refractivity contribution >= 4 is 21.6 Å². The number of anilines is 1. The molecular weight excluding hydrogens is 322 g/mol. The number of rotatable bonds is 5. The van der Waals surface area contributed by atoms with E-state index in [0.29, 0.717) is 0 Å². The molecule has 0 aliphatic heterocycles. The lowest BCUT2D eigenvalue weighted by Crippen LogP contribution is -2.19. The number of halogens is 1. The maximum absolute atomic E-state index is 3.50. The molecule has 0 heterocycles. The van der Waals surface area contributed by atoms with E-state index in [1.807, 2.05) is 0 Å². The van der Waals surface area contributed by atoms with E-state index in [-0.39, 0.29) is 0 Å². The Kier molecular flexibility index (Phi) is 7.63. The van der Waals surface area contributed by atoms with Crippen LogP contribution in [0, 0.1) is 5.92 Å². The van der Waals surface area contributed by atoms with E-state index in [9.17, 15) is 0 Å². The van der Waals surface area contributed by atoms with Crippen LogP contribution in [0.5, 0.6) is 0 Å². The lowest BCUT2D eigenvalue weighted by atomic mass is 9.92. The van der Waals surface area contributed by atoms with E-state index in [1.165, 1.54) is 76.4 Å². The van der Waals surface area contributed by atoms with Crippen molar-refractivity contribution in [2.75, 3.05) is 18.5 Å². The highest BCUT2D eigenvalue weighted by molar-refractivity contribution is 9.10. The highest BCUT2D eigenvalue weighted by atomic mass is 79.9. The molecule has 0 saturated heterocycles. The molecule has 1 aromatic carbocycles. The molecule has 0 radical (unpaired) electrons. The van der Waals surface area contributed by atoms with E-state index in [0.717, 1.165) is 10.4 Å². The summed E-state index contributed by atoms with van der Waals surface area (Å²) in [4.78, 5) is 2.39. The van der Waals surface area contributed by atoms with E-state index in [1.54, 1.807) is 0 Å². The van der Waals surface area contributed by atoms with Gasteiger partial charge in [0.2, 0.25) is 0 Å². The average Bonchev–Trinajstić information content (AvgIpc) is 2.62. The molecular formula is C19H30BrN. The van der Waals surface area contributed by atoms with Gasteiger partial charge in [0.25, 0.3) is 0 Å². The highest BCUT2D eigenvalue weighted by Crippen LogP contribution is 2.26. The summed E-state index contributed by atoms with van der Waals surface area (Å²) < 4.78 is 1.16. The molecule has 0 unspecified atom stereocenters. The van der Waals surface area contributed by atoms with Crippen LogP contribution in [0.3, 0.4) is 0 Å². The normalized spacial score (nSPS) is 17.8. The van der Waals surface area contributed by atoms with Crippen LogP contribution in [0.25, 0.3) is 0 Å². The van der Waals surface area contributed by atoms with Gasteiger partial charge < -0.3 is 4.90 Å². The van der Waals surface area contributed by atoms with Crippen molar-refractivity contribution in [3.63, 3.8) is 0 Å². The third-order valence-electron chi connectivity index (χ3n) is 4.85. The quantitative estimate of drug-likeness (QED) is 0.591. The molecule has 21 heavy (non-hydrogen) atoms. The van der Waals surface area contributed by atoms with Crippen molar-refractivity contribution in [3.05, 3.63) is 28.7 Å². The SMILES string of the molecule is CN(CCCC1CCCCCCCC1)c1ccc(Br)cc1. The smallest absolute Gasteiger partial charge is 0.0364 e. The maximum atomic E-state index is 3.50. The van der Waals surface area contributed by atoms with Gasteiger partial charge in [0.1, 0.15) is 0 Å². The summed E-state index contributed by atoms with van der Waals surface area (Å²) in [6, 6.07) is 8.66.